The maximum atomic E-state index is 11.5. The van der Waals surface area contributed by atoms with E-state index in [2.05, 4.69) is 11.0 Å². The second kappa shape index (κ2) is 8.37. The fraction of sp³-hybridized carbons (Fsp3) is 0.300. The van der Waals surface area contributed by atoms with Gasteiger partial charge in [0.15, 0.2) is 0 Å². The molecule has 0 aliphatic carbocycles. The minimum Gasteiger partial charge on any atom is -0.491 e. The molecule has 0 spiro atoms. The van der Waals surface area contributed by atoms with Crippen LogP contribution in [0.25, 0.3) is 0 Å². The molecule has 0 N–H and O–H groups in total. The van der Waals surface area contributed by atoms with Crippen LogP contribution in [0.3, 0.4) is 0 Å². The molecule has 26 heavy (non-hydrogen) atoms. The largest absolute Gasteiger partial charge is 0.491 e. The highest BCUT2D eigenvalue weighted by atomic mass is 16.5. The number of methoxy groups -OCH3 is 1. The van der Waals surface area contributed by atoms with E-state index in [4.69, 9.17) is 19.5 Å². The number of para-hydroxylation sites is 1. The molecule has 1 atom stereocenters. The van der Waals surface area contributed by atoms with Crippen LogP contribution in [-0.4, -0.2) is 39.1 Å². The quantitative estimate of drug-likeness (QED) is 0.744. The van der Waals surface area contributed by atoms with Crippen molar-refractivity contribution in [3.05, 3.63) is 59.7 Å². The second-order valence-corrected chi connectivity index (χ2v) is 5.97. The van der Waals surface area contributed by atoms with Gasteiger partial charge in [-0.3, -0.25) is 4.79 Å². The Hall–Kier alpha value is -3.04. The number of carbonyl (C=O) groups is 1. The van der Waals surface area contributed by atoms with Gasteiger partial charge in [0.2, 0.25) is 0 Å². The molecular formula is C20H20N2O4. The zero-order chi connectivity index (χ0) is 18.4. The summed E-state index contributed by atoms with van der Waals surface area (Å²) in [6, 6.07) is 17.0. The van der Waals surface area contributed by atoms with Gasteiger partial charge >= 0.3 is 5.97 Å². The zero-order valence-electron chi connectivity index (χ0n) is 14.6. The van der Waals surface area contributed by atoms with E-state index >= 15 is 0 Å². The molecule has 0 aromatic heterocycles. The molecule has 1 heterocycles. The van der Waals surface area contributed by atoms with Crippen LogP contribution in [0.2, 0.25) is 0 Å². The van der Waals surface area contributed by atoms with E-state index in [1.165, 1.54) is 7.11 Å². The second-order valence-electron chi connectivity index (χ2n) is 5.97. The number of nitrogens with zero attached hydrogens (tertiary/aromatic N) is 2. The number of carbonyl (C=O) groups excluding carboxylic acids is 1. The van der Waals surface area contributed by atoms with Crippen LogP contribution in [0, 0.1) is 11.3 Å². The van der Waals surface area contributed by atoms with E-state index < -0.39 is 0 Å². The van der Waals surface area contributed by atoms with Gasteiger partial charge in [0.1, 0.15) is 25.2 Å². The number of anilines is 1. The average molecular weight is 352 g/mol. The van der Waals surface area contributed by atoms with Crippen molar-refractivity contribution in [1.82, 2.24) is 0 Å². The number of rotatable bonds is 6. The number of ether oxygens (including phenoxy) is 3. The Kier molecular flexibility index (Phi) is 5.72. The van der Waals surface area contributed by atoms with Gasteiger partial charge in [0, 0.05) is 17.8 Å². The Morgan fingerprint density at radius 2 is 2.04 bits per heavy atom. The highest BCUT2D eigenvalue weighted by Crippen LogP contribution is 2.23. The molecule has 0 amide bonds. The standard InChI is InChI=1S/C20H20N2O4/c1-24-20(23)10-16-4-2-3-5-19(16)25-13-18-12-22(14-26-18)17-8-6-15(11-21)7-9-17/h2-9,18H,10,12-14H2,1H3. The highest BCUT2D eigenvalue weighted by molar-refractivity contribution is 5.73. The summed E-state index contributed by atoms with van der Waals surface area (Å²) in [6.07, 6.45) is 0.104. The molecule has 1 aliphatic rings. The number of hydrogen-bond acceptors (Lipinski definition) is 6. The number of nitriles is 1. The SMILES string of the molecule is COC(=O)Cc1ccccc1OCC1CN(c2ccc(C#N)cc2)CO1. The van der Waals surface area contributed by atoms with Crippen molar-refractivity contribution in [3.8, 4) is 11.8 Å². The molecule has 2 aromatic rings. The van der Waals surface area contributed by atoms with Gasteiger partial charge in [-0.2, -0.15) is 5.26 Å². The van der Waals surface area contributed by atoms with Gasteiger partial charge in [-0.05, 0) is 30.3 Å². The lowest BCUT2D eigenvalue weighted by atomic mass is 10.1. The first-order chi connectivity index (χ1) is 12.7. The molecule has 134 valence electrons. The van der Waals surface area contributed by atoms with Crippen LogP contribution in [-0.2, 0) is 20.7 Å². The van der Waals surface area contributed by atoms with Gasteiger partial charge in [0.05, 0.1) is 25.2 Å². The molecule has 6 heteroatoms. The Morgan fingerprint density at radius 1 is 1.27 bits per heavy atom. The predicted octanol–water partition coefficient (Wildman–Crippen LogP) is 2.52. The van der Waals surface area contributed by atoms with Gasteiger partial charge in [0.25, 0.3) is 0 Å². The number of hydrogen-bond donors (Lipinski definition) is 0. The molecule has 0 saturated carbocycles. The lowest BCUT2D eigenvalue weighted by Crippen LogP contribution is -2.25. The number of benzene rings is 2. The van der Waals surface area contributed by atoms with Crippen molar-refractivity contribution in [3.63, 3.8) is 0 Å². The van der Waals surface area contributed by atoms with Gasteiger partial charge in [-0.15, -0.1) is 0 Å². The Morgan fingerprint density at radius 3 is 2.77 bits per heavy atom. The van der Waals surface area contributed by atoms with Gasteiger partial charge in [-0.25, -0.2) is 0 Å². The summed E-state index contributed by atoms with van der Waals surface area (Å²) in [5, 5.41) is 8.87. The number of esters is 1. The lowest BCUT2D eigenvalue weighted by molar-refractivity contribution is -0.139. The summed E-state index contributed by atoms with van der Waals surface area (Å²) < 4.78 is 16.4. The van der Waals surface area contributed by atoms with E-state index in [9.17, 15) is 4.79 Å². The Labute approximate surface area is 152 Å². The normalized spacial score (nSPS) is 16.2. The van der Waals surface area contributed by atoms with E-state index in [1.807, 2.05) is 36.4 Å². The van der Waals surface area contributed by atoms with E-state index in [0.29, 0.717) is 31.2 Å². The highest BCUT2D eigenvalue weighted by Gasteiger charge is 2.24. The third-order valence-corrected chi connectivity index (χ3v) is 4.21. The summed E-state index contributed by atoms with van der Waals surface area (Å²) in [5.74, 6) is 0.364. The maximum Gasteiger partial charge on any atom is 0.310 e. The molecule has 0 radical (unpaired) electrons. The monoisotopic (exact) mass is 352 g/mol. The van der Waals surface area contributed by atoms with Crippen LogP contribution >= 0.6 is 0 Å². The van der Waals surface area contributed by atoms with Crippen LogP contribution in [0.1, 0.15) is 11.1 Å². The third-order valence-electron chi connectivity index (χ3n) is 4.21. The summed E-state index contributed by atoms with van der Waals surface area (Å²) in [6.45, 7) is 1.57. The zero-order valence-corrected chi connectivity index (χ0v) is 14.6. The molecule has 6 nitrogen and oxygen atoms in total. The summed E-state index contributed by atoms with van der Waals surface area (Å²) >= 11 is 0. The molecule has 1 fully saturated rings. The first-order valence-electron chi connectivity index (χ1n) is 8.34. The van der Waals surface area contributed by atoms with Gasteiger partial charge in [-0.1, -0.05) is 18.2 Å². The van der Waals surface area contributed by atoms with Crippen LogP contribution < -0.4 is 9.64 Å². The molecule has 0 bridgehead atoms. The fourth-order valence-corrected chi connectivity index (χ4v) is 2.78. The van der Waals surface area contributed by atoms with E-state index in [-0.39, 0.29) is 18.5 Å². The smallest absolute Gasteiger partial charge is 0.310 e. The minimum absolute atomic E-state index is 0.0724. The Bertz CT molecular complexity index is 798. The topological polar surface area (TPSA) is 71.8 Å². The van der Waals surface area contributed by atoms with Crippen molar-refractivity contribution in [2.24, 2.45) is 0 Å². The van der Waals surface area contributed by atoms with Crippen LogP contribution in [0.15, 0.2) is 48.5 Å². The van der Waals surface area contributed by atoms with Crippen molar-refractivity contribution in [1.29, 1.82) is 5.26 Å². The lowest BCUT2D eigenvalue weighted by Gasteiger charge is -2.17. The van der Waals surface area contributed by atoms with Crippen molar-refractivity contribution >= 4 is 11.7 Å². The summed E-state index contributed by atoms with van der Waals surface area (Å²) in [5.41, 5.74) is 2.44. The molecular weight excluding hydrogens is 332 g/mol. The first kappa shape index (κ1) is 17.8. The van der Waals surface area contributed by atoms with E-state index in [1.54, 1.807) is 12.1 Å². The van der Waals surface area contributed by atoms with Crippen molar-refractivity contribution in [2.75, 3.05) is 31.9 Å². The first-order valence-corrected chi connectivity index (χ1v) is 8.34. The fourth-order valence-electron chi connectivity index (χ4n) is 2.78. The average Bonchev–Trinajstić information content (AvgIpc) is 3.16. The molecule has 1 aliphatic heterocycles. The summed E-state index contributed by atoms with van der Waals surface area (Å²) in [7, 11) is 1.37. The molecule has 1 unspecified atom stereocenters. The van der Waals surface area contributed by atoms with Gasteiger partial charge < -0.3 is 19.1 Å². The molecule has 3 rings (SSSR count). The minimum atomic E-state index is -0.301. The third kappa shape index (κ3) is 4.32. The Balaban J connectivity index is 1.56. The van der Waals surface area contributed by atoms with Crippen molar-refractivity contribution in [2.45, 2.75) is 12.5 Å². The van der Waals surface area contributed by atoms with E-state index in [0.717, 1.165) is 11.3 Å². The van der Waals surface area contributed by atoms with Crippen molar-refractivity contribution < 1.29 is 19.0 Å². The predicted molar refractivity (Wildman–Crippen MR) is 95.9 cm³/mol. The van der Waals surface area contributed by atoms with Crippen LogP contribution in [0.4, 0.5) is 5.69 Å². The maximum absolute atomic E-state index is 11.5. The summed E-state index contributed by atoms with van der Waals surface area (Å²) in [4.78, 5) is 13.6. The molecule has 1 saturated heterocycles. The molecule has 2 aromatic carbocycles. The van der Waals surface area contributed by atoms with Crippen LogP contribution in [0.5, 0.6) is 5.75 Å².